The standard InChI is InChI=1S/C37H32ClN5O4S2/c1-2-27-21-30-35(29-14-8-9-15-31(29)38)39-22-33-40-41-36(43(33)37(30)48-27)32(18-19-34(44)47-23-24-10-4-3-5-11-24)42-49(45,46)28-17-16-25-12-6-7-13-26(25)20-28/h3-17,20-21,32,42H,2,18-19,22-23H2,1H3/t32-/m1/s1. The molecule has 7 rings (SSSR count). The number of halogens is 1. The van der Waals surface area contributed by atoms with Gasteiger partial charge in [-0.15, -0.1) is 21.5 Å². The van der Waals surface area contributed by atoms with Gasteiger partial charge in [-0.2, -0.15) is 0 Å². The number of ether oxygens (including phenoxy) is 1. The Balaban J connectivity index is 1.26. The van der Waals surface area contributed by atoms with Gasteiger partial charge in [-0.1, -0.05) is 97.4 Å². The fourth-order valence-corrected chi connectivity index (χ4v) is 8.46. The molecule has 1 aliphatic rings. The number of hydrogen-bond donors (Lipinski definition) is 1. The number of thiophene rings is 1. The predicted octanol–water partition coefficient (Wildman–Crippen LogP) is 7.59. The second-order valence-electron chi connectivity index (χ2n) is 11.6. The highest BCUT2D eigenvalue weighted by Crippen LogP contribution is 2.37. The van der Waals surface area contributed by atoms with Gasteiger partial charge in [0.2, 0.25) is 10.0 Å². The zero-order chi connectivity index (χ0) is 34.0. The minimum atomic E-state index is -4.08. The number of aromatic nitrogens is 3. The number of aliphatic imine (C=N–C) groups is 1. The quantitative estimate of drug-likeness (QED) is 0.139. The van der Waals surface area contributed by atoms with Crippen molar-refractivity contribution in [1.82, 2.24) is 19.5 Å². The molecule has 3 heterocycles. The van der Waals surface area contributed by atoms with E-state index in [2.05, 4.69) is 27.9 Å². The van der Waals surface area contributed by atoms with Gasteiger partial charge in [-0.05, 0) is 53.4 Å². The first-order valence-corrected chi connectivity index (χ1v) is 18.6. The average molecular weight is 710 g/mol. The molecular formula is C37H32ClN5O4S2. The van der Waals surface area contributed by atoms with Gasteiger partial charge in [-0.3, -0.25) is 14.4 Å². The number of nitrogens with zero attached hydrogens (tertiary/aromatic N) is 4. The number of carbonyl (C=O) groups excluding carboxylic acids is 1. The fraction of sp³-hybridized carbons (Fsp3) is 0.189. The van der Waals surface area contributed by atoms with E-state index in [9.17, 15) is 13.2 Å². The number of benzene rings is 4. The van der Waals surface area contributed by atoms with Gasteiger partial charge >= 0.3 is 5.97 Å². The Bertz CT molecular complexity index is 2300. The SMILES string of the molecule is CCc1cc2c(s1)-n1c(nnc1[C@@H](CCC(=O)OCc1ccccc1)NS(=O)(=O)c1ccc3ccccc3c1)CN=C2c1ccccc1Cl. The van der Waals surface area contributed by atoms with Gasteiger partial charge in [0, 0.05) is 27.4 Å². The predicted molar refractivity (Wildman–Crippen MR) is 192 cm³/mol. The highest BCUT2D eigenvalue weighted by Gasteiger charge is 2.32. The third-order valence-electron chi connectivity index (χ3n) is 8.35. The molecule has 248 valence electrons. The Morgan fingerprint density at radius 3 is 2.49 bits per heavy atom. The van der Waals surface area contributed by atoms with E-state index in [4.69, 9.17) is 21.3 Å². The molecule has 49 heavy (non-hydrogen) atoms. The molecule has 9 nitrogen and oxygen atoms in total. The summed E-state index contributed by atoms with van der Waals surface area (Å²) in [5.74, 6) is 0.449. The van der Waals surface area contributed by atoms with Gasteiger partial charge in [0.25, 0.3) is 0 Å². The smallest absolute Gasteiger partial charge is 0.306 e. The number of sulfonamides is 1. The molecule has 12 heteroatoms. The number of carbonyl (C=O) groups is 1. The molecule has 0 unspecified atom stereocenters. The van der Waals surface area contributed by atoms with Crippen molar-refractivity contribution in [2.45, 2.75) is 50.3 Å². The molecule has 1 aliphatic heterocycles. The van der Waals surface area contributed by atoms with Crippen molar-refractivity contribution < 1.29 is 17.9 Å². The maximum absolute atomic E-state index is 14.0. The summed E-state index contributed by atoms with van der Waals surface area (Å²) < 4.78 is 38.4. The van der Waals surface area contributed by atoms with E-state index >= 15 is 0 Å². The number of nitrogens with one attached hydrogen (secondary N) is 1. The molecular weight excluding hydrogens is 678 g/mol. The maximum Gasteiger partial charge on any atom is 0.306 e. The van der Waals surface area contributed by atoms with Crippen molar-refractivity contribution in [3.8, 4) is 5.00 Å². The average Bonchev–Trinajstić information content (AvgIpc) is 3.71. The summed E-state index contributed by atoms with van der Waals surface area (Å²) in [6.45, 7) is 2.39. The largest absolute Gasteiger partial charge is 0.461 e. The molecule has 0 aliphatic carbocycles. The highest BCUT2D eigenvalue weighted by atomic mass is 35.5. The number of rotatable bonds is 11. The van der Waals surface area contributed by atoms with Crippen molar-refractivity contribution in [3.63, 3.8) is 0 Å². The molecule has 1 atom stereocenters. The summed E-state index contributed by atoms with van der Waals surface area (Å²) in [5, 5.41) is 12.1. The van der Waals surface area contributed by atoms with Crippen LogP contribution in [0.3, 0.4) is 0 Å². The van der Waals surface area contributed by atoms with E-state index in [1.54, 1.807) is 29.5 Å². The Hall–Kier alpha value is -4.68. The number of esters is 1. The third kappa shape index (κ3) is 6.93. The normalized spacial score (nSPS) is 13.3. The van der Waals surface area contributed by atoms with E-state index in [1.807, 2.05) is 83.4 Å². The Morgan fingerprint density at radius 1 is 0.939 bits per heavy atom. The van der Waals surface area contributed by atoms with Crippen molar-refractivity contribution in [2.75, 3.05) is 0 Å². The van der Waals surface area contributed by atoms with Gasteiger partial charge in [0.05, 0.1) is 16.6 Å². The summed E-state index contributed by atoms with van der Waals surface area (Å²) >= 11 is 8.22. The van der Waals surface area contributed by atoms with E-state index < -0.39 is 22.0 Å². The van der Waals surface area contributed by atoms with Crippen molar-refractivity contribution >= 4 is 55.4 Å². The monoisotopic (exact) mass is 709 g/mol. The minimum absolute atomic E-state index is 0.0567. The second-order valence-corrected chi connectivity index (χ2v) is 14.8. The molecule has 0 radical (unpaired) electrons. The zero-order valence-electron chi connectivity index (χ0n) is 26.5. The van der Waals surface area contributed by atoms with Crippen LogP contribution in [0, 0.1) is 0 Å². The van der Waals surface area contributed by atoms with Crippen LogP contribution in [-0.4, -0.2) is 34.9 Å². The second kappa shape index (κ2) is 14.0. The lowest BCUT2D eigenvalue weighted by Gasteiger charge is -2.20. The summed E-state index contributed by atoms with van der Waals surface area (Å²) in [5.41, 5.74) is 3.23. The first-order chi connectivity index (χ1) is 23.8. The Kier molecular flexibility index (Phi) is 9.42. The van der Waals surface area contributed by atoms with Crippen LogP contribution in [0.4, 0.5) is 0 Å². The van der Waals surface area contributed by atoms with E-state index in [-0.39, 0.29) is 30.9 Å². The lowest BCUT2D eigenvalue weighted by molar-refractivity contribution is -0.145. The molecule has 0 saturated carbocycles. The lowest BCUT2D eigenvalue weighted by atomic mass is 10.0. The molecule has 0 amide bonds. The van der Waals surface area contributed by atoms with Gasteiger partial charge < -0.3 is 4.74 Å². The molecule has 2 aromatic heterocycles. The van der Waals surface area contributed by atoms with Crippen molar-refractivity contribution in [3.05, 3.63) is 141 Å². The molecule has 0 bridgehead atoms. The third-order valence-corrected chi connectivity index (χ3v) is 11.4. The number of fused-ring (bicyclic) bond motifs is 4. The fourth-order valence-electron chi connectivity index (χ4n) is 5.84. The molecule has 0 saturated heterocycles. The highest BCUT2D eigenvalue weighted by molar-refractivity contribution is 7.89. The molecule has 0 fully saturated rings. The maximum atomic E-state index is 14.0. The number of aryl methyl sites for hydroxylation is 1. The summed E-state index contributed by atoms with van der Waals surface area (Å²) in [6.07, 6.45) is 0.808. The van der Waals surface area contributed by atoms with Crippen molar-refractivity contribution in [2.24, 2.45) is 4.99 Å². The first-order valence-electron chi connectivity index (χ1n) is 15.9. The van der Waals surface area contributed by atoms with Crippen LogP contribution in [0.1, 0.15) is 59.0 Å². The molecule has 4 aromatic carbocycles. The first kappa shape index (κ1) is 32.8. The van der Waals surface area contributed by atoms with Crippen LogP contribution in [0.25, 0.3) is 15.8 Å². The topological polar surface area (TPSA) is 116 Å². The number of hydrogen-bond acceptors (Lipinski definition) is 8. The van der Waals surface area contributed by atoms with Crippen LogP contribution in [0.5, 0.6) is 0 Å². The van der Waals surface area contributed by atoms with Gasteiger partial charge in [0.15, 0.2) is 11.6 Å². The Labute approximate surface area is 293 Å². The van der Waals surface area contributed by atoms with Gasteiger partial charge in [-0.25, -0.2) is 13.1 Å². The van der Waals surface area contributed by atoms with Crippen LogP contribution >= 0.6 is 22.9 Å². The summed E-state index contributed by atoms with van der Waals surface area (Å²) in [6, 6.07) is 30.7. The lowest BCUT2D eigenvalue weighted by Crippen LogP contribution is -2.31. The summed E-state index contributed by atoms with van der Waals surface area (Å²) in [4.78, 5) is 19.2. The van der Waals surface area contributed by atoms with E-state index in [1.165, 1.54) is 0 Å². The molecule has 0 spiro atoms. The zero-order valence-corrected chi connectivity index (χ0v) is 28.9. The van der Waals surface area contributed by atoms with E-state index in [0.717, 1.165) is 49.5 Å². The summed E-state index contributed by atoms with van der Waals surface area (Å²) in [7, 11) is -4.08. The van der Waals surface area contributed by atoms with Crippen molar-refractivity contribution in [1.29, 1.82) is 0 Å². The molecule has 6 aromatic rings. The van der Waals surface area contributed by atoms with Crippen LogP contribution in [-0.2, 0) is 39.1 Å². The van der Waals surface area contributed by atoms with Crippen LogP contribution in [0.15, 0.2) is 113 Å². The van der Waals surface area contributed by atoms with Crippen LogP contribution in [0.2, 0.25) is 5.02 Å². The Morgan fingerprint density at radius 2 is 1.69 bits per heavy atom. The van der Waals surface area contributed by atoms with Gasteiger partial charge in [0.1, 0.15) is 18.2 Å². The molecule has 1 N–H and O–H groups in total. The van der Waals surface area contributed by atoms with E-state index in [0.29, 0.717) is 16.7 Å². The minimum Gasteiger partial charge on any atom is -0.461 e. The van der Waals surface area contributed by atoms with Crippen LogP contribution < -0.4 is 4.72 Å².